The Morgan fingerprint density at radius 2 is 1.84 bits per heavy atom. The van der Waals surface area contributed by atoms with Gasteiger partial charge in [0.1, 0.15) is 0 Å². The summed E-state index contributed by atoms with van der Waals surface area (Å²) in [6, 6.07) is 1.99. The van der Waals surface area contributed by atoms with Crippen LogP contribution in [-0.2, 0) is 0 Å². The molecule has 6 heteroatoms. The Morgan fingerprint density at radius 3 is 2.42 bits per heavy atom. The zero-order valence-electron chi connectivity index (χ0n) is 11.6. The summed E-state index contributed by atoms with van der Waals surface area (Å²) < 4.78 is 10.3. The number of aromatic nitrogens is 2. The molecule has 6 nitrogen and oxygen atoms in total. The van der Waals surface area contributed by atoms with Gasteiger partial charge in [-0.05, 0) is 25.3 Å². The van der Waals surface area contributed by atoms with E-state index in [4.69, 9.17) is 15.2 Å². The van der Waals surface area contributed by atoms with Crippen LogP contribution in [0.5, 0.6) is 11.8 Å². The molecule has 0 bridgehead atoms. The number of hydrogen-bond acceptors (Lipinski definition) is 6. The highest BCUT2D eigenvalue weighted by atomic mass is 16.5. The van der Waals surface area contributed by atoms with E-state index >= 15 is 0 Å². The molecule has 1 aromatic rings. The van der Waals surface area contributed by atoms with Gasteiger partial charge in [-0.2, -0.15) is 9.97 Å². The summed E-state index contributed by atoms with van der Waals surface area (Å²) >= 11 is 0. The van der Waals surface area contributed by atoms with Crippen LogP contribution in [-0.4, -0.2) is 36.8 Å². The maximum absolute atomic E-state index is 5.83. The number of nitrogens with zero attached hydrogens (tertiary/aromatic N) is 2. The Balaban J connectivity index is 2.12. The number of rotatable bonds is 5. The Labute approximate surface area is 113 Å². The summed E-state index contributed by atoms with van der Waals surface area (Å²) in [5.74, 6) is 2.01. The average molecular weight is 266 g/mol. The first-order valence-electron chi connectivity index (χ1n) is 6.70. The maximum Gasteiger partial charge on any atom is 0.229 e. The van der Waals surface area contributed by atoms with Crippen molar-refractivity contribution in [3.05, 3.63) is 6.07 Å². The number of nitrogens with two attached hydrogens (primary N) is 1. The van der Waals surface area contributed by atoms with Gasteiger partial charge in [0.25, 0.3) is 0 Å². The van der Waals surface area contributed by atoms with E-state index in [0.717, 1.165) is 12.8 Å². The van der Waals surface area contributed by atoms with E-state index in [2.05, 4.69) is 15.3 Å². The predicted octanol–water partition coefficient (Wildman–Crippen LogP) is 1.42. The van der Waals surface area contributed by atoms with E-state index in [0.29, 0.717) is 36.2 Å². The molecular formula is C13H22N4O2. The zero-order valence-corrected chi connectivity index (χ0v) is 11.6. The standard InChI is InChI=1S/C13H22N4O2/c1-18-11-7-12(19-2)17-13(16-11)15-10-6-4-3-5-9(10)8-14/h7,9-10H,3-6,8,14H2,1-2H3,(H,15,16,17). The third-order valence-corrected chi connectivity index (χ3v) is 3.62. The summed E-state index contributed by atoms with van der Waals surface area (Å²) in [6.07, 6.45) is 4.73. The molecule has 3 N–H and O–H groups in total. The van der Waals surface area contributed by atoms with Gasteiger partial charge in [0.05, 0.1) is 20.3 Å². The fourth-order valence-electron chi connectivity index (χ4n) is 2.52. The van der Waals surface area contributed by atoms with Gasteiger partial charge < -0.3 is 20.5 Å². The number of hydrogen-bond donors (Lipinski definition) is 2. The molecule has 2 atom stereocenters. The van der Waals surface area contributed by atoms with Crippen LogP contribution in [0.1, 0.15) is 25.7 Å². The molecular weight excluding hydrogens is 244 g/mol. The maximum atomic E-state index is 5.83. The van der Waals surface area contributed by atoms with Crippen molar-refractivity contribution in [3.63, 3.8) is 0 Å². The number of methoxy groups -OCH3 is 2. The quantitative estimate of drug-likeness (QED) is 0.839. The summed E-state index contributed by atoms with van der Waals surface area (Å²) in [5.41, 5.74) is 5.83. The van der Waals surface area contributed by atoms with Crippen LogP contribution >= 0.6 is 0 Å². The highest BCUT2D eigenvalue weighted by Gasteiger charge is 2.24. The molecule has 1 saturated carbocycles. The molecule has 0 saturated heterocycles. The minimum atomic E-state index is 0.329. The van der Waals surface area contributed by atoms with Crippen molar-refractivity contribution in [1.82, 2.24) is 9.97 Å². The Hall–Kier alpha value is -1.56. The summed E-state index contributed by atoms with van der Waals surface area (Å²) in [5, 5.41) is 3.37. The Morgan fingerprint density at radius 1 is 1.21 bits per heavy atom. The lowest BCUT2D eigenvalue weighted by atomic mass is 9.84. The molecule has 2 unspecified atom stereocenters. The van der Waals surface area contributed by atoms with Crippen LogP contribution in [0.3, 0.4) is 0 Å². The van der Waals surface area contributed by atoms with Gasteiger partial charge >= 0.3 is 0 Å². The van der Waals surface area contributed by atoms with Crippen LogP contribution in [0.4, 0.5) is 5.95 Å². The highest BCUT2D eigenvalue weighted by molar-refractivity contribution is 5.34. The van der Waals surface area contributed by atoms with Crippen LogP contribution in [0.25, 0.3) is 0 Å². The topological polar surface area (TPSA) is 82.3 Å². The van der Waals surface area contributed by atoms with Gasteiger partial charge in [-0.1, -0.05) is 12.8 Å². The lowest BCUT2D eigenvalue weighted by Crippen LogP contribution is -2.37. The molecule has 0 radical (unpaired) electrons. The van der Waals surface area contributed by atoms with E-state index in [1.54, 1.807) is 20.3 Å². The smallest absolute Gasteiger partial charge is 0.229 e. The zero-order chi connectivity index (χ0) is 13.7. The molecule has 0 spiro atoms. The SMILES string of the molecule is COc1cc(OC)nc(NC2CCCCC2CN)n1. The monoisotopic (exact) mass is 266 g/mol. The first-order chi connectivity index (χ1) is 9.26. The van der Waals surface area contributed by atoms with Gasteiger partial charge in [0.2, 0.25) is 17.7 Å². The number of nitrogens with one attached hydrogen (secondary N) is 1. The van der Waals surface area contributed by atoms with Gasteiger partial charge in [0, 0.05) is 6.04 Å². The Bertz CT molecular complexity index is 391. The lowest BCUT2D eigenvalue weighted by Gasteiger charge is -2.31. The largest absolute Gasteiger partial charge is 0.481 e. The van der Waals surface area contributed by atoms with Crippen molar-refractivity contribution in [1.29, 1.82) is 0 Å². The first-order valence-corrected chi connectivity index (χ1v) is 6.70. The summed E-state index contributed by atoms with van der Waals surface area (Å²) in [4.78, 5) is 8.59. The lowest BCUT2D eigenvalue weighted by molar-refractivity contribution is 0.329. The van der Waals surface area contributed by atoms with Gasteiger partial charge in [-0.15, -0.1) is 0 Å². The van der Waals surface area contributed by atoms with Crippen LogP contribution in [0.15, 0.2) is 6.07 Å². The van der Waals surface area contributed by atoms with Crippen molar-refractivity contribution in [2.75, 3.05) is 26.1 Å². The molecule has 1 aromatic heterocycles. The van der Waals surface area contributed by atoms with Crippen molar-refractivity contribution < 1.29 is 9.47 Å². The molecule has 1 heterocycles. The molecule has 1 fully saturated rings. The second-order valence-electron chi connectivity index (χ2n) is 4.81. The second-order valence-corrected chi connectivity index (χ2v) is 4.81. The minimum Gasteiger partial charge on any atom is -0.481 e. The van der Waals surface area contributed by atoms with E-state index in [1.165, 1.54) is 12.8 Å². The average Bonchev–Trinajstić information content (AvgIpc) is 2.47. The van der Waals surface area contributed by atoms with E-state index < -0.39 is 0 Å². The third kappa shape index (κ3) is 3.47. The molecule has 1 aliphatic rings. The molecule has 1 aliphatic carbocycles. The van der Waals surface area contributed by atoms with E-state index in [-0.39, 0.29) is 0 Å². The molecule has 0 aliphatic heterocycles. The molecule has 0 aromatic carbocycles. The van der Waals surface area contributed by atoms with E-state index in [9.17, 15) is 0 Å². The third-order valence-electron chi connectivity index (χ3n) is 3.62. The minimum absolute atomic E-state index is 0.329. The molecule has 106 valence electrons. The van der Waals surface area contributed by atoms with Crippen molar-refractivity contribution in [2.24, 2.45) is 11.7 Å². The van der Waals surface area contributed by atoms with E-state index in [1.807, 2.05) is 0 Å². The molecule has 0 amide bonds. The Kier molecular flexibility index (Phi) is 4.79. The highest BCUT2D eigenvalue weighted by Crippen LogP contribution is 2.27. The molecule has 19 heavy (non-hydrogen) atoms. The van der Waals surface area contributed by atoms with Crippen molar-refractivity contribution >= 4 is 5.95 Å². The van der Waals surface area contributed by atoms with Gasteiger partial charge in [-0.3, -0.25) is 0 Å². The summed E-state index contributed by atoms with van der Waals surface area (Å²) in [6.45, 7) is 0.693. The number of anilines is 1. The van der Waals surface area contributed by atoms with Gasteiger partial charge in [0.15, 0.2) is 0 Å². The molecule has 2 rings (SSSR count). The summed E-state index contributed by atoms with van der Waals surface area (Å²) in [7, 11) is 3.16. The normalized spacial score (nSPS) is 22.9. The fourth-order valence-corrected chi connectivity index (χ4v) is 2.52. The predicted molar refractivity (Wildman–Crippen MR) is 73.6 cm³/mol. The van der Waals surface area contributed by atoms with Crippen molar-refractivity contribution in [3.8, 4) is 11.8 Å². The van der Waals surface area contributed by atoms with Crippen LogP contribution in [0.2, 0.25) is 0 Å². The fraction of sp³-hybridized carbons (Fsp3) is 0.692. The number of ether oxygens (including phenoxy) is 2. The first kappa shape index (κ1) is 13.9. The van der Waals surface area contributed by atoms with Crippen molar-refractivity contribution in [2.45, 2.75) is 31.7 Å². The second kappa shape index (κ2) is 6.56. The van der Waals surface area contributed by atoms with Crippen LogP contribution in [0, 0.1) is 5.92 Å². The van der Waals surface area contributed by atoms with Crippen LogP contribution < -0.4 is 20.5 Å². The van der Waals surface area contributed by atoms with Gasteiger partial charge in [-0.25, -0.2) is 0 Å².